The molecule has 2 rings (SSSR count). The molecule has 0 saturated carbocycles. The predicted octanol–water partition coefficient (Wildman–Crippen LogP) is 5.20. The molecule has 1 atom stereocenters. The van der Waals surface area contributed by atoms with E-state index >= 15 is 0 Å². The van der Waals surface area contributed by atoms with Crippen molar-refractivity contribution in [2.75, 3.05) is 33.0 Å². The molecule has 12 nitrogen and oxygen atoms in total. The van der Waals surface area contributed by atoms with Gasteiger partial charge in [0.2, 0.25) is 19.5 Å². The van der Waals surface area contributed by atoms with E-state index in [2.05, 4.69) is 10.6 Å². The summed E-state index contributed by atoms with van der Waals surface area (Å²) in [5, 5.41) is 5.64. The number of carbonyl (C=O) groups is 4. The first-order chi connectivity index (χ1) is 21.5. The van der Waals surface area contributed by atoms with Crippen LogP contribution in [-0.4, -0.2) is 62.9 Å². The monoisotopic (exact) mass is 662 g/mol. The summed E-state index contributed by atoms with van der Waals surface area (Å²) < 4.78 is 39.7. The lowest BCUT2D eigenvalue weighted by atomic mass is 9.98. The van der Waals surface area contributed by atoms with Crippen molar-refractivity contribution in [3.05, 3.63) is 60.2 Å². The number of amides is 1. The molecule has 0 radical (unpaired) electrons. The molecule has 0 saturated heterocycles. The Labute approximate surface area is 271 Å². The van der Waals surface area contributed by atoms with Crippen LogP contribution in [0.25, 0.3) is 11.1 Å². The van der Waals surface area contributed by atoms with E-state index in [0.717, 1.165) is 16.7 Å². The summed E-state index contributed by atoms with van der Waals surface area (Å²) in [6.45, 7) is 10.4. The standard InChI is InChI=1S/C33H47N2O10P/c1-8-41-28(36)18-19-34-29(37)27(20-24-14-16-26(17-15-24)25-12-10-9-11-13-25)35-21-46(40,44-22-42-30(38)32(2,3)4)45-23-43-31(39)33(5,6)7/h9-17,27,35H,8,18-23H2,1-7H3,(H,34,37). The summed E-state index contributed by atoms with van der Waals surface area (Å²) in [6, 6.07) is 16.5. The highest BCUT2D eigenvalue weighted by Crippen LogP contribution is 2.47. The number of esters is 3. The molecule has 2 aromatic rings. The fourth-order valence-electron chi connectivity index (χ4n) is 3.71. The van der Waals surface area contributed by atoms with Gasteiger partial charge in [0.25, 0.3) is 0 Å². The largest absolute Gasteiger partial charge is 0.466 e. The Kier molecular flexibility index (Phi) is 15.1. The molecule has 46 heavy (non-hydrogen) atoms. The van der Waals surface area contributed by atoms with Gasteiger partial charge in [0, 0.05) is 6.54 Å². The second kappa shape index (κ2) is 17.9. The van der Waals surface area contributed by atoms with Crippen LogP contribution in [0.2, 0.25) is 0 Å². The van der Waals surface area contributed by atoms with Crippen LogP contribution in [0.15, 0.2) is 54.6 Å². The lowest BCUT2D eigenvalue weighted by Crippen LogP contribution is -2.46. The Morgan fingerprint density at radius 2 is 1.28 bits per heavy atom. The van der Waals surface area contributed by atoms with E-state index < -0.39 is 68.2 Å². The lowest BCUT2D eigenvalue weighted by Gasteiger charge is -2.24. The van der Waals surface area contributed by atoms with Gasteiger partial charge in [-0.1, -0.05) is 54.6 Å². The molecule has 1 amide bonds. The summed E-state index contributed by atoms with van der Waals surface area (Å²) in [4.78, 5) is 49.5. The van der Waals surface area contributed by atoms with Crippen LogP contribution in [0.1, 0.15) is 60.5 Å². The van der Waals surface area contributed by atoms with Crippen molar-refractivity contribution >= 4 is 31.4 Å². The summed E-state index contributed by atoms with van der Waals surface area (Å²) >= 11 is 0. The van der Waals surface area contributed by atoms with Crippen molar-refractivity contribution < 1.29 is 47.0 Å². The fourth-order valence-corrected chi connectivity index (χ4v) is 4.83. The Hall–Kier alpha value is -3.57. The number of ether oxygens (including phenoxy) is 3. The Morgan fingerprint density at radius 3 is 1.78 bits per heavy atom. The lowest BCUT2D eigenvalue weighted by molar-refractivity contribution is -0.162. The van der Waals surface area contributed by atoms with Crippen molar-refractivity contribution in [3.63, 3.8) is 0 Å². The third kappa shape index (κ3) is 13.8. The number of benzene rings is 2. The molecular formula is C33H47N2O10P. The molecule has 0 aromatic heterocycles. The van der Waals surface area contributed by atoms with Crippen LogP contribution >= 0.6 is 7.60 Å². The summed E-state index contributed by atoms with van der Waals surface area (Å²) in [6.07, 6.45) is -0.343. The quantitative estimate of drug-likeness (QED) is 0.0994. The number of nitrogens with one attached hydrogen (secondary N) is 2. The first-order valence-corrected chi connectivity index (χ1v) is 16.8. The Morgan fingerprint density at radius 1 is 0.761 bits per heavy atom. The van der Waals surface area contributed by atoms with E-state index in [-0.39, 0.29) is 26.0 Å². The zero-order chi connectivity index (χ0) is 34.4. The molecule has 0 spiro atoms. The molecule has 1 unspecified atom stereocenters. The summed E-state index contributed by atoms with van der Waals surface area (Å²) in [7, 11) is -4.15. The van der Waals surface area contributed by atoms with Crippen LogP contribution in [0.5, 0.6) is 0 Å². The SMILES string of the molecule is CCOC(=O)CCNC(=O)C(Cc1ccc(-c2ccccc2)cc1)NCP(=O)(OCOC(=O)C(C)(C)C)OCOC(=O)C(C)(C)C. The van der Waals surface area contributed by atoms with Gasteiger partial charge >= 0.3 is 25.5 Å². The number of rotatable bonds is 17. The van der Waals surface area contributed by atoms with Crippen LogP contribution in [-0.2, 0) is 53.4 Å². The van der Waals surface area contributed by atoms with Gasteiger partial charge in [-0.2, -0.15) is 0 Å². The first-order valence-electron chi connectivity index (χ1n) is 15.1. The number of hydrogen-bond acceptors (Lipinski definition) is 11. The highest BCUT2D eigenvalue weighted by molar-refractivity contribution is 7.53. The van der Waals surface area contributed by atoms with E-state index in [1.54, 1.807) is 48.5 Å². The van der Waals surface area contributed by atoms with Crippen LogP contribution in [0, 0.1) is 10.8 Å². The van der Waals surface area contributed by atoms with E-state index in [4.69, 9.17) is 23.3 Å². The first kappa shape index (κ1) is 38.6. The van der Waals surface area contributed by atoms with E-state index in [1.807, 2.05) is 54.6 Å². The average molecular weight is 663 g/mol. The van der Waals surface area contributed by atoms with E-state index in [1.165, 1.54) is 0 Å². The normalized spacial score (nSPS) is 12.6. The molecule has 0 bridgehead atoms. The smallest absolute Gasteiger partial charge is 0.350 e. The highest BCUT2D eigenvalue weighted by Gasteiger charge is 2.32. The van der Waals surface area contributed by atoms with Gasteiger partial charge in [-0.15, -0.1) is 0 Å². The summed E-state index contributed by atoms with van der Waals surface area (Å²) in [5.41, 5.74) is 1.16. The molecule has 0 heterocycles. The number of carbonyl (C=O) groups excluding carboxylic acids is 4. The molecule has 2 N–H and O–H groups in total. The van der Waals surface area contributed by atoms with Crippen LogP contribution in [0.3, 0.4) is 0 Å². The maximum absolute atomic E-state index is 13.7. The average Bonchev–Trinajstić information content (AvgIpc) is 2.99. The van der Waals surface area contributed by atoms with Gasteiger partial charge in [-0.25, -0.2) is 0 Å². The number of hydrogen-bond donors (Lipinski definition) is 2. The minimum absolute atomic E-state index is 0.0267. The zero-order valence-electron chi connectivity index (χ0n) is 27.8. The fraction of sp³-hybridized carbons (Fsp3) is 0.515. The molecule has 254 valence electrons. The molecule has 0 aliphatic carbocycles. The minimum Gasteiger partial charge on any atom is -0.466 e. The van der Waals surface area contributed by atoms with Gasteiger partial charge in [0.05, 0.1) is 36.2 Å². The van der Waals surface area contributed by atoms with Gasteiger partial charge in [0.15, 0.2) is 0 Å². The van der Waals surface area contributed by atoms with Crippen molar-refractivity contribution in [1.29, 1.82) is 0 Å². The third-order valence-corrected chi connectivity index (χ3v) is 7.95. The molecule has 0 aliphatic heterocycles. The van der Waals surface area contributed by atoms with Crippen molar-refractivity contribution in [1.82, 2.24) is 10.6 Å². The second-order valence-electron chi connectivity index (χ2n) is 12.5. The highest BCUT2D eigenvalue weighted by atomic mass is 31.2. The molecular weight excluding hydrogens is 615 g/mol. The zero-order valence-corrected chi connectivity index (χ0v) is 28.6. The molecule has 13 heteroatoms. The predicted molar refractivity (Wildman–Crippen MR) is 172 cm³/mol. The van der Waals surface area contributed by atoms with Crippen molar-refractivity contribution in [3.8, 4) is 11.1 Å². The Bertz CT molecular complexity index is 1300. The van der Waals surface area contributed by atoms with Gasteiger partial charge < -0.3 is 19.5 Å². The molecule has 2 aromatic carbocycles. The van der Waals surface area contributed by atoms with Gasteiger partial charge in [0.1, 0.15) is 0 Å². The second-order valence-corrected chi connectivity index (χ2v) is 14.6. The van der Waals surface area contributed by atoms with E-state index in [9.17, 15) is 23.7 Å². The molecule has 0 fully saturated rings. The van der Waals surface area contributed by atoms with Crippen molar-refractivity contribution in [2.24, 2.45) is 10.8 Å². The maximum atomic E-state index is 13.7. The maximum Gasteiger partial charge on any atom is 0.350 e. The van der Waals surface area contributed by atoms with Crippen LogP contribution < -0.4 is 10.6 Å². The third-order valence-electron chi connectivity index (χ3n) is 6.39. The van der Waals surface area contributed by atoms with Crippen molar-refractivity contribution in [2.45, 2.75) is 67.3 Å². The van der Waals surface area contributed by atoms with E-state index in [0.29, 0.717) is 0 Å². The van der Waals surface area contributed by atoms with Gasteiger partial charge in [-0.05, 0) is 71.6 Å². The Balaban J connectivity index is 2.21. The summed E-state index contributed by atoms with van der Waals surface area (Å²) in [5.74, 6) is -2.11. The topological polar surface area (TPSA) is 156 Å². The minimum atomic E-state index is -4.15. The van der Waals surface area contributed by atoms with Gasteiger partial charge in [-0.3, -0.25) is 38.1 Å². The molecule has 0 aliphatic rings. The van der Waals surface area contributed by atoms with Crippen LogP contribution in [0.4, 0.5) is 0 Å².